The standard InChI is InChI=1S/C20H19F3N2O3S/c1-13-8-16(29(26,27)25-4-6-28-7-5-25)2-3-17(13)18-10-15(20(21,22)23)9-14-11-24-12-19(14)18/h2-3,8-10,12H,4-7,11H2,1H3. The third-order valence-corrected chi connectivity index (χ3v) is 7.07. The Morgan fingerprint density at radius 2 is 1.79 bits per heavy atom. The van der Waals surface area contributed by atoms with E-state index in [0.717, 1.165) is 12.1 Å². The Kier molecular flexibility index (Phi) is 5.00. The van der Waals surface area contributed by atoms with Gasteiger partial charge in [-0.05, 0) is 53.4 Å². The minimum Gasteiger partial charge on any atom is -0.379 e. The van der Waals surface area contributed by atoms with Gasteiger partial charge in [0.2, 0.25) is 10.0 Å². The van der Waals surface area contributed by atoms with E-state index in [2.05, 4.69) is 4.99 Å². The largest absolute Gasteiger partial charge is 0.416 e. The average Bonchev–Trinajstić information content (AvgIpc) is 3.16. The number of hydrogen-bond acceptors (Lipinski definition) is 4. The number of halogens is 3. The Balaban J connectivity index is 1.78. The van der Waals surface area contributed by atoms with Gasteiger partial charge in [0.05, 0.1) is 30.2 Å². The van der Waals surface area contributed by atoms with Crippen molar-refractivity contribution in [3.8, 4) is 11.1 Å². The molecule has 9 heteroatoms. The summed E-state index contributed by atoms with van der Waals surface area (Å²) in [6, 6.07) is 6.77. The third kappa shape index (κ3) is 3.70. The number of aliphatic imine (C=N–C) groups is 1. The maximum atomic E-state index is 13.3. The highest BCUT2D eigenvalue weighted by Crippen LogP contribution is 2.38. The van der Waals surface area contributed by atoms with E-state index in [-0.39, 0.29) is 24.5 Å². The lowest BCUT2D eigenvalue weighted by Crippen LogP contribution is -2.40. The van der Waals surface area contributed by atoms with Gasteiger partial charge in [0.25, 0.3) is 0 Å². The van der Waals surface area contributed by atoms with Crippen LogP contribution in [0.5, 0.6) is 0 Å². The van der Waals surface area contributed by atoms with Crippen LogP contribution in [0.2, 0.25) is 0 Å². The Labute approximate surface area is 166 Å². The van der Waals surface area contributed by atoms with Gasteiger partial charge >= 0.3 is 6.18 Å². The Hall–Kier alpha value is -2.23. The van der Waals surface area contributed by atoms with Crippen molar-refractivity contribution in [3.05, 3.63) is 52.6 Å². The number of ether oxygens (including phenoxy) is 1. The van der Waals surface area contributed by atoms with Crippen LogP contribution in [0.25, 0.3) is 11.1 Å². The maximum Gasteiger partial charge on any atom is 0.416 e. The van der Waals surface area contributed by atoms with E-state index in [4.69, 9.17) is 4.74 Å². The molecule has 0 aliphatic carbocycles. The molecule has 154 valence electrons. The van der Waals surface area contributed by atoms with E-state index in [1.165, 1.54) is 16.4 Å². The first kappa shape index (κ1) is 20.1. The van der Waals surface area contributed by atoms with Crippen LogP contribution in [0.15, 0.2) is 40.2 Å². The second-order valence-electron chi connectivity index (χ2n) is 7.06. The number of nitrogens with zero attached hydrogens (tertiary/aromatic N) is 2. The van der Waals surface area contributed by atoms with Gasteiger partial charge in [0.1, 0.15) is 0 Å². The molecule has 1 saturated heterocycles. The molecule has 2 heterocycles. The molecule has 2 aliphatic heterocycles. The summed E-state index contributed by atoms with van der Waals surface area (Å²) in [4.78, 5) is 4.22. The van der Waals surface area contributed by atoms with Gasteiger partial charge in [-0.15, -0.1) is 0 Å². The molecule has 0 N–H and O–H groups in total. The molecule has 0 bridgehead atoms. The molecule has 5 nitrogen and oxygen atoms in total. The molecule has 0 amide bonds. The highest BCUT2D eigenvalue weighted by molar-refractivity contribution is 7.89. The fourth-order valence-corrected chi connectivity index (χ4v) is 5.15. The minimum atomic E-state index is -4.47. The molecule has 0 atom stereocenters. The molecule has 0 radical (unpaired) electrons. The monoisotopic (exact) mass is 424 g/mol. The van der Waals surface area contributed by atoms with Crippen LogP contribution in [0, 0.1) is 6.92 Å². The molecule has 2 aromatic rings. The van der Waals surface area contributed by atoms with Crippen molar-refractivity contribution in [2.24, 2.45) is 4.99 Å². The minimum absolute atomic E-state index is 0.123. The number of sulfonamides is 1. The zero-order valence-corrected chi connectivity index (χ0v) is 16.5. The van der Waals surface area contributed by atoms with Crippen molar-refractivity contribution in [3.63, 3.8) is 0 Å². The van der Waals surface area contributed by atoms with E-state index >= 15 is 0 Å². The van der Waals surface area contributed by atoms with Crippen LogP contribution in [0.1, 0.15) is 22.3 Å². The smallest absolute Gasteiger partial charge is 0.379 e. The first-order chi connectivity index (χ1) is 13.7. The molecular weight excluding hydrogens is 405 g/mol. The van der Waals surface area contributed by atoms with Crippen LogP contribution in [-0.2, 0) is 27.5 Å². The first-order valence-electron chi connectivity index (χ1n) is 9.11. The molecule has 2 aromatic carbocycles. The van der Waals surface area contributed by atoms with Crippen molar-refractivity contribution in [2.45, 2.75) is 24.5 Å². The van der Waals surface area contributed by atoms with Crippen LogP contribution in [0.3, 0.4) is 0 Å². The number of alkyl halides is 3. The van der Waals surface area contributed by atoms with Gasteiger partial charge in [-0.25, -0.2) is 8.42 Å². The molecule has 2 aliphatic rings. The highest BCUT2D eigenvalue weighted by atomic mass is 32.2. The summed E-state index contributed by atoms with van der Waals surface area (Å²) in [6.45, 7) is 3.14. The lowest BCUT2D eigenvalue weighted by Gasteiger charge is -2.26. The van der Waals surface area contributed by atoms with Gasteiger partial charge < -0.3 is 4.74 Å². The topological polar surface area (TPSA) is 59.0 Å². The number of hydrogen-bond donors (Lipinski definition) is 0. The van der Waals surface area contributed by atoms with Crippen LogP contribution in [0.4, 0.5) is 13.2 Å². The van der Waals surface area contributed by atoms with Crippen LogP contribution < -0.4 is 0 Å². The second-order valence-corrected chi connectivity index (χ2v) is 9.00. The molecule has 0 saturated carbocycles. The van der Waals surface area contributed by atoms with Gasteiger partial charge in [0, 0.05) is 24.9 Å². The van der Waals surface area contributed by atoms with E-state index in [1.54, 1.807) is 19.2 Å². The van der Waals surface area contributed by atoms with Crippen molar-refractivity contribution in [1.82, 2.24) is 4.31 Å². The second kappa shape index (κ2) is 7.23. The fourth-order valence-electron chi connectivity index (χ4n) is 3.65. The Bertz CT molecular complexity index is 1090. The fraction of sp³-hybridized carbons (Fsp3) is 0.350. The Morgan fingerprint density at radius 3 is 2.45 bits per heavy atom. The molecular formula is C20H19F3N2O3S. The first-order valence-corrected chi connectivity index (χ1v) is 10.5. The summed E-state index contributed by atoms with van der Waals surface area (Å²) in [5, 5.41) is 0. The zero-order chi connectivity index (χ0) is 20.8. The highest BCUT2D eigenvalue weighted by Gasteiger charge is 2.33. The van der Waals surface area contributed by atoms with Crippen LogP contribution in [-0.4, -0.2) is 45.2 Å². The lowest BCUT2D eigenvalue weighted by atomic mass is 9.92. The summed E-state index contributed by atoms with van der Waals surface area (Å²) < 4.78 is 72.3. The Morgan fingerprint density at radius 1 is 1.07 bits per heavy atom. The summed E-state index contributed by atoms with van der Waals surface area (Å²) in [6.07, 6.45) is -2.90. The summed E-state index contributed by atoms with van der Waals surface area (Å²) in [5.41, 5.74) is 1.97. The van der Waals surface area contributed by atoms with E-state index in [0.29, 0.717) is 41.0 Å². The zero-order valence-electron chi connectivity index (χ0n) is 15.7. The molecule has 4 rings (SSSR count). The third-order valence-electron chi connectivity index (χ3n) is 5.17. The van der Waals surface area contributed by atoms with Crippen molar-refractivity contribution < 1.29 is 26.3 Å². The molecule has 29 heavy (non-hydrogen) atoms. The van der Waals surface area contributed by atoms with Crippen LogP contribution >= 0.6 is 0 Å². The summed E-state index contributed by atoms with van der Waals surface area (Å²) in [7, 11) is -3.68. The molecule has 0 unspecified atom stereocenters. The van der Waals surface area contributed by atoms with E-state index in [9.17, 15) is 21.6 Å². The summed E-state index contributed by atoms with van der Waals surface area (Å²) in [5.74, 6) is 0. The number of aryl methyl sites for hydroxylation is 1. The van der Waals surface area contributed by atoms with Crippen molar-refractivity contribution in [2.75, 3.05) is 26.3 Å². The SMILES string of the molecule is Cc1cc(S(=O)(=O)N2CCOCC2)ccc1-c1cc(C(F)(F)F)cc2c1C=NC2. The van der Waals surface area contributed by atoms with Crippen molar-refractivity contribution in [1.29, 1.82) is 0 Å². The molecule has 1 fully saturated rings. The molecule has 0 spiro atoms. The number of rotatable bonds is 3. The average molecular weight is 424 g/mol. The predicted molar refractivity (Wildman–Crippen MR) is 102 cm³/mol. The number of morpholine rings is 1. The van der Waals surface area contributed by atoms with Gasteiger partial charge in [-0.2, -0.15) is 17.5 Å². The number of fused-ring (bicyclic) bond motifs is 1. The normalized spacial score (nSPS) is 17.5. The van der Waals surface area contributed by atoms with Gasteiger partial charge in [-0.3, -0.25) is 4.99 Å². The van der Waals surface area contributed by atoms with Gasteiger partial charge in [-0.1, -0.05) is 6.07 Å². The van der Waals surface area contributed by atoms with Crippen molar-refractivity contribution >= 4 is 16.2 Å². The molecule has 0 aromatic heterocycles. The van der Waals surface area contributed by atoms with Gasteiger partial charge in [0.15, 0.2) is 0 Å². The van der Waals surface area contributed by atoms with E-state index < -0.39 is 21.8 Å². The maximum absolute atomic E-state index is 13.3. The van der Waals surface area contributed by atoms with E-state index in [1.807, 2.05) is 0 Å². The quantitative estimate of drug-likeness (QED) is 0.756. The summed E-state index contributed by atoms with van der Waals surface area (Å²) >= 11 is 0. The predicted octanol–water partition coefficient (Wildman–Crippen LogP) is 3.63. The number of benzene rings is 2. The lowest BCUT2D eigenvalue weighted by molar-refractivity contribution is -0.137.